The second kappa shape index (κ2) is 7.16. The van der Waals surface area contributed by atoms with Gasteiger partial charge in [-0.15, -0.1) is 13.2 Å². The lowest BCUT2D eigenvalue weighted by Crippen LogP contribution is -2.41. The lowest BCUT2D eigenvalue weighted by molar-refractivity contribution is -0.411. The predicted octanol–water partition coefficient (Wildman–Crippen LogP) is 2.98. The SMILES string of the molecule is N#Cc1c(N)nc(N)nc1-c1ccc(OC(F)(F)C(F)OC(F)(F)F)cc1. The van der Waals surface area contributed by atoms with Gasteiger partial charge in [-0.1, -0.05) is 0 Å². The van der Waals surface area contributed by atoms with Crippen molar-refractivity contribution in [3.8, 4) is 23.1 Å². The van der Waals surface area contributed by atoms with Crippen LogP contribution < -0.4 is 16.2 Å². The van der Waals surface area contributed by atoms with Gasteiger partial charge in [-0.05, 0) is 24.3 Å². The van der Waals surface area contributed by atoms with Gasteiger partial charge < -0.3 is 16.2 Å². The Hall–Kier alpha value is -3.27. The summed E-state index contributed by atoms with van der Waals surface area (Å²) in [5, 5.41) is 9.09. The molecule has 1 atom stereocenters. The summed E-state index contributed by atoms with van der Waals surface area (Å²) in [5.41, 5.74) is 11.0. The van der Waals surface area contributed by atoms with E-state index in [1.54, 1.807) is 6.07 Å². The Bertz CT molecular complexity index is 866. The summed E-state index contributed by atoms with van der Waals surface area (Å²) in [4.78, 5) is 7.41. The van der Waals surface area contributed by atoms with Gasteiger partial charge in [-0.25, -0.2) is 14.1 Å². The number of halogens is 6. The first-order valence-electron chi connectivity index (χ1n) is 6.82. The molecule has 0 spiro atoms. The first kappa shape index (κ1) is 20.0. The van der Waals surface area contributed by atoms with Crippen LogP contribution in [0.4, 0.5) is 38.1 Å². The van der Waals surface area contributed by atoms with Crippen LogP contribution in [0, 0.1) is 11.3 Å². The van der Waals surface area contributed by atoms with E-state index < -0.39 is 24.6 Å². The number of nitrogens with two attached hydrogens (primary N) is 2. The highest BCUT2D eigenvalue weighted by atomic mass is 19.4. The Morgan fingerprint density at radius 2 is 1.63 bits per heavy atom. The van der Waals surface area contributed by atoms with Crippen LogP contribution in [0.15, 0.2) is 24.3 Å². The van der Waals surface area contributed by atoms with Crippen molar-refractivity contribution in [2.24, 2.45) is 0 Å². The fourth-order valence-corrected chi connectivity index (χ4v) is 1.89. The maximum Gasteiger partial charge on any atom is 0.525 e. The molecular weight excluding hydrogens is 384 g/mol. The number of anilines is 2. The molecule has 7 nitrogen and oxygen atoms in total. The summed E-state index contributed by atoms with van der Waals surface area (Å²) in [6, 6.07) is 5.79. The second-order valence-electron chi connectivity index (χ2n) is 4.87. The molecule has 1 heterocycles. The van der Waals surface area contributed by atoms with Crippen molar-refractivity contribution >= 4 is 11.8 Å². The summed E-state index contributed by atoms with van der Waals surface area (Å²) in [7, 11) is 0. The van der Waals surface area contributed by atoms with Crippen molar-refractivity contribution in [3.63, 3.8) is 0 Å². The van der Waals surface area contributed by atoms with Crippen molar-refractivity contribution < 1.29 is 35.8 Å². The quantitative estimate of drug-likeness (QED) is 0.750. The third-order valence-electron chi connectivity index (χ3n) is 2.95. The number of alkyl halides is 6. The van der Waals surface area contributed by atoms with E-state index in [4.69, 9.17) is 16.7 Å². The first-order chi connectivity index (χ1) is 12.4. The van der Waals surface area contributed by atoms with Crippen molar-refractivity contribution in [2.75, 3.05) is 11.5 Å². The zero-order valence-corrected chi connectivity index (χ0v) is 13.0. The number of benzene rings is 1. The number of rotatable bonds is 5. The Morgan fingerprint density at radius 1 is 1.04 bits per heavy atom. The summed E-state index contributed by atoms with van der Waals surface area (Å²) in [6.45, 7) is 0. The van der Waals surface area contributed by atoms with E-state index in [1.807, 2.05) is 0 Å². The van der Waals surface area contributed by atoms with Gasteiger partial charge >= 0.3 is 18.8 Å². The van der Waals surface area contributed by atoms with E-state index in [9.17, 15) is 26.3 Å². The summed E-state index contributed by atoms with van der Waals surface area (Å²) < 4.78 is 81.8. The highest BCUT2D eigenvalue weighted by Gasteiger charge is 2.50. The van der Waals surface area contributed by atoms with Gasteiger partial charge in [0.05, 0.1) is 5.69 Å². The molecule has 0 saturated carbocycles. The van der Waals surface area contributed by atoms with Gasteiger partial charge in [0.25, 0.3) is 0 Å². The molecule has 0 aliphatic rings. The molecule has 0 aliphatic heterocycles. The van der Waals surface area contributed by atoms with Gasteiger partial charge in [-0.3, -0.25) is 0 Å². The lowest BCUT2D eigenvalue weighted by atomic mass is 10.1. The second-order valence-corrected chi connectivity index (χ2v) is 4.87. The number of aromatic nitrogens is 2. The minimum Gasteiger partial charge on any atom is -0.429 e. The standard InChI is InChI=1S/C14H9F6N5O2/c15-11(27-14(18,19)20)13(16,17)26-7-3-1-6(2-4-7)9-8(5-21)10(22)25-12(23)24-9/h1-4,11H,(H4,22,23,24,25). The topological polar surface area (TPSA) is 120 Å². The average Bonchev–Trinajstić information content (AvgIpc) is 2.53. The van der Waals surface area contributed by atoms with Crippen LogP contribution in [-0.4, -0.2) is 28.8 Å². The molecular formula is C14H9F6N5O2. The molecule has 0 bridgehead atoms. The van der Waals surface area contributed by atoms with Gasteiger partial charge in [-0.2, -0.15) is 19.0 Å². The van der Waals surface area contributed by atoms with Crippen LogP contribution in [0.5, 0.6) is 5.75 Å². The summed E-state index contributed by atoms with van der Waals surface area (Å²) in [5.74, 6) is -1.14. The Balaban J connectivity index is 2.25. The number of hydrogen-bond donors (Lipinski definition) is 2. The number of nitriles is 1. The maximum atomic E-state index is 13.4. The van der Waals surface area contributed by atoms with Gasteiger partial charge in [0.1, 0.15) is 23.2 Å². The largest absolute Gasteiger partial charge is 0.525 e. The molecule has 27 heavy (non-hydrogen) atoms. The number of hydrogen-bond acceptors (Lipinski definition) is 7. The van der Waals surface area contributed by atoms with Gasteiger partial charge in [0, 0.05) is 5.56 Å². The predicted molar refractivity (Wildman–Crippen MR) is 78.6 cm³/mol. The Kier molecular flexibility index (Phi) is 5.31. The number of nitrogen functional groups attached to an aromatic ring is 2. The third-order valence-corrected chi connectivity index (χ3v) is 2.95. The number of nitrogens with zero attached hydrogens (tertiary/aromatic N) is 3. The smallest absolute Gasteiger partial charge is 0.429 e. The Morgan fingerprint density at radius 3 is 2.15 bits per heavy atom. The van der Waals surface area contributed by atoms with Crippen LogP contribution in [0.25, 0.3) is 11.3 Å². The van der Waals surface area contributed by atoms with E-state index in [2.05, 4.69) is 19.4 Å². The molecule has 144 valence electrons. The van der Waals surface area contributed by atoms with E-state index >= 15 is 0 Å². The maximum absolute atomic E-state index is 13.4. The number of ether oxygens (including phenoxy) is 2. The highest BCUT2D eigenvalue weighted by molar-refractivity contribution is 5.73. The molecule has 0 aliphatic carbocycles. The molecule has 0 saturated heterocycles. The fraction of sp³-hybridized carbons (Fsp3) is 0.214. The monoisotopic (exact) mass is 393 g/mol. The normalized spacial score (nSPS) is 13.1. The minimum absolute atomic E-state index is 0.00965. The average molecular weight is 393 g/mol. The molecule has 0 fully saturated rings. The molecule has 1 aromatic heterocycles. The van der Waals surface area contributed by atoms with E-state index in [0.29, 0.717) is 0 Å². The van der Waals surface area contributed by atoms with Crippen molar-refractivity contribution in [1.82, 2.24) is 9.97 Å². The molecule has 13 heteroatoms. The molecule has 2 aromatic rings. The van der Waals surface area contributed by atoms with E-state index in [1.165, 1.54) is 0 Å². The third kappa shape index (κ3) is 4.88. The fourth-order valence-electron chi connectivity index (χ4n) is 1.89. The highest BCUT2D eigenvalue weighted by Crippen LogP contribution is 2.33. The van der Waals surface area contributed by atoms with Crippen molar-refractivity contribution in [2.45, 2.75) is 18.8 Å². The van der Waals surface area contributed by atoms with Crippen LogP contribution in [-0.2, 0) is 4.74 Å². The molecule has 4 N–H and O–H groups in total. The van der Waals surface area contributed by atoms with Crippen LogP contribution in [0.2, 0.25) is 0 Å². The summed E-state index contributed by atoms with van der Waals surface area (Å²) in [6.07, 6.45) is -14.6. The summed E-state index contributed by atoms with van der Waals surface area (Å²) >= 11 is 0. The molecule has 0 radical (unpaired) electrons. The zero-order valence-electron chi connectivity index (χ0n) is 13.0. The van der Waals surface area contributed by atoms with Gasteiger partial charge in [0.15, 0.2) is 0 Å². The van der Waals surface area contributed by atoms with Crippen LogP contribution in [0.1, 0.15) is 5.56 Å². The van der Waals surface area contributed by atoms with Crippen LogP contribution >= 0.6 is 0 Å². The van der Waals surface area contributed by atoms with Crippen molar-refractivity contribution in [1.29, 1.82) is 5.26 Å². The Labute approximate surface area is 147 Å². The first-order valence-corrected chi connectivity index (χ1v) is 6.82. The van der Waals surface area contributed by atoms with E-state index in [-0.39, 0.29) is 28.6 Å². The molecule has 1 aromatic carbocycles. The molecule has 2 rings (SSSR count). The molecule has 0 amide bonds. The minimum atomic E-state index is -5.61. The molecule has 1 unspecified atom stereocenters. The lowest BCUT2D eigenvalue weighted by Gasteiger charge is -2.22. The van der Waals surface area contributed by atoms with Crippen LogP contribution in [0.3, 0.4) is 0 Å². The zero-order chi connectivity index (χ0) is 20.4. The van der Waals surface area contributed by atoms with Gasteiger partial charge in [0.2, 0.25) is 5.95 Å². The van der Waals surface area contributed by atoms with Crippen molar-refractivity contribution in [3.05, 3.63) is 29.8 Å². The van der Waals surface area contributed by atoms with E-state index in [0.717, 1.165) is 24.3 Å².